The van der Waals surface area contributed by atoms with Crippen LogP contribution in [0.3, 0.4) is 0 Å². The van der Waals surface area contributed by atoms with Gasteiger partial charge in [-0.1, -0.05) is 71.7 Å². The maximum absolute atomic E-state index is 6.37. The summed E-state index contributed by atoms with van der Waals surface area (Å²) in [7, 11) is 1.70. The molecule has 1 atom stereocenters. The van der Waals surface area contributed by atoms with E-state index < -0.39 is 0 Å². The van der Waals surface area contributed by atoms with E-state index in [-0.39, 0.29) is 6.04 Å². The molecule has 2 aliphatic heterocycles. The molecule has 0 unspecified atom stereocenters. The van der Waals surface area contributed by atoms with Gasteiger partial charge in [0.2, 0.25) is 0 Å². The highest BCUT2D eigenvalue weighted by atomic mass is 35.5. The third-order valence-electron chi connectivity index (χ3n) is 7.25. The van der Waals surface area contributed by atoms with Crippen LogP contribution >= 0.6 is 23.2 Å². The van der Waals surface area contributed by atoms with Gasteiger partial charge in [-0.2, -0.15) is 5.10 Å². The van der Waals surface area contributed by atoms with Crippen molar-refractivity contribution in [1.29, 1.82) is 0 Å². The zero-order valence-corrected chi connectivity index (χ0v) is 23.7. The third kappa shape index (κ3) is 4.25. The van der Waals surface area contributed by atoms with Crippen molar-refractivity contribution in [2.45, 2.75) is 13.0 Å². The predicted octanol–water partition coefficient (Wildman–Crippen LogP) is 8.29. The minimum atomic E-state index is -0.298. The van der Waals surface area contributed by atoms with Gasteiger partial charge in [0, 0.05) is 16.8 Å². The van der Waals surface area contributed by atoms with Crippen molar-refractivity contribution in [3.8, 4) is 11.4 Å². The normalized spacial score (nSPS) is 15.3. The number of benzene rings is 4. The van der Waals surface area contributed by atoms with Gasteiger partial charge in [-0.05, 0) is 55.5 Å². The number of ether oxygens (including phenoxy) is 1. The number of aromatic nitrogens is 2. The Morgan fingerprint density at radius 3 is 2.39 bits per heavy atom. The van der Waals surface area contributed by atoms with Crippen LogP contribution in [-0.2, 0) is 0 Å². The van der Waals surface area contributed by atoms with E-state index in [1.807, 2.05) is 84.4 Å². The number of hydrogen-bond donors (Lipinski definition) is 1. The van der Waals surface area contributed by atoms with Crippen LogP contribution in [-0.4, -0.2) is 28.6 Å². The predicted molar refractivity (Wildman–Crippen MR) is 166 cm³/mol. The zero-order chi connectivity index (χ0) is 28.1. The molecule has 0 fully saturated rings. The van der Waals surface area contributed by atoms with Gasteiger partial charge in [0.1, 0.15) is 5.75 Å². The Balaban J connectivity index is 1.51. The minimum Gasteiger partial charge on any atom is -0.496 e. The van der Waals surface area contributed by atoms with E-state index in [9.17, 15) is 0 Å². The molecule has 1 aromatic heterocycles. The van der Waals surface area contributed by atoms with Crippen LogP contribution < -0.4 is 15.0 Å². The van der Waals surface area contributed by atoms with Gasteiger partial charge in [0.05, 0.1) is 46.0 Å². The molecule has 0 aliphatic carbocycles. The smallest absolute Gasteiger partial charge is 0.179 e. The Bertz CT molecular complexity index is 1860. The second-order valence-corrected chi connectivity index (χ2v) is 10.5. The van der Waals surface area contributed by atoms with E-state index in [1.165, 1.54) is 0 Å². The van der Waals surface area contributed by atoms with Gasteiger partial charge in [-0.3, -0.25) is 0 Å². The van der Waals surface area contributed by atoms with Crippen LogP contribution in [0.4, 0.5) is 22.9 Å². The summed E-state index contributed by atoms with van der Waals surface area (Å²) in [5, 5.41) is 9.37. The molecule has 2 aliphatic rings. The van der Waals surface area contributed by atoms with Crippen molar-refractivity contribution in [2.24, 2.45) is 9.98 Å². The number of aliphatic imine (C=N–C) groups is 2. The average molecular weight is 579 g/mol. The maximum Gasteiger partial charge on any atom is 0.179 e. The fourth-order valence-corrected chi connectivity index (χ4v) is 5.74. The number of nitrogens with zero attached hydrogens (tertiary/aromatic N) is 5. The molecule has 0 amide bonds. The lowest BCUT2D eigenvalue weighted by molar-refractivity contribution is 0.407. The third-order valence-corrected chi connectivity index (χ3v) is 7.99. The van der Waals surface area contributed by atoms with Crippen LogP contribution in [0.2, 0.25) is 10.0 Å². The molecule has 5 aromatic rings. The number of amidine groups is 2. The molecule has 0 saturated carbocycles. The van der Waals surface area contributed by atoms with Crippen molar-refractivity contribution in [3.05, 3.63) is 124 Å². The van der Waals surface area contributed by atoms with E-state index in [0.717, 1.165) is 51.1 Å². The molecular formula is C32H24Cl2N6O. The molecular weight excluding hydrogens is 555 g/mol. The maximum atomic E-state index is 6.37. The van der Waals surface area contributed by atoms with E-state index in [1.54, 1.807) is 19.2 Å². The molecule has 0 saturated heterocycles. The van der Waals surface area contributed by atoms with Crippen molar-refractivity contribution in [3.63, 3.8) is 0 Å². The number of rotatable bonds is 4. The van der Waals surface area contributed by atoms with Crippen molar-refractivity contribution in [1.82, 2.24) is 9.78 Å². The van der Waals surface area contributed by atoms with Gasteiger partial charge in [0.25, 0.3) is 0 Å². The second-order valence-electron chi connectivity index (χ2n) is 9.72. The molecule has 0 bridgehead atoms. The molecule has 202 valence electrons. The summed E-state index contributed by atoms with van der Waals surface area (Å²) in [5.74, 6) is 2.73. The number of aryl methyl sites for hydroxylation is 1. The Morgan fingerprint density at radius 1 is 0.829 bits per heavy atom. The van der Waals surface area contributed by atoms with E-state index in [2.05, 4.69) is 22.3 Å². The lowest BCUT2D eigenvalue weighted by Gasteiger charge is -2.41. The Kier molecular flexibility index (Phi) is 6.26. The number of para-hydroxylation sites is 4. The highest BCUT2D eigenvalue weighted by molar-refractivity contribution is 6.52. The highest BCUT2D eigenvalue weighted by Gasteiger charge is 2.42. The molecule has 0 radical (unpaired) electrons. The first-order valence-corrected chi connectivity index (χ1v) is 13.8. The van der Waals surface area contributed by atoms with Crippen molar-refractivity contribution in [2.75, 3.05) is 17.3 Å². The van der Waals surface area contributed by atoms with Crippen molar-refractivity contribution < 1.29 is 4.74 Å². The summed E-state index contributed by atoms with van der Waals surface area (Å²) < 4.78 is 7.79. The number of halogens is 2. The van der Waals surface area contributed by atoms with Crippen LogP contribution in [0.5, 0.6) is 5.75 Å². The zero-order valence-electron chi connectivity index (χ0n) is 22.2. The van der Waals surface area contributed by atoms with E-state index >= 15 is 0 Å². The summed E-state index contributed by atoms with van der Waals surface area (Å²) in [6.45, 7) is 2.03. The molecule has 4 aromatic carbocycles. The SMILES string of the molecule is COc1ccccc1[C@H]1c2c(C)nn(-c3ccccc3)c2N=C2C(Nc3ccc(Cl)c(Cl)c3)=Nc3ccccc3N21. The van der Waals surface area contributed by atoms with E-state index in [4.69, 9.17) is 43.0 Å². The summed E-state index contributed by atoms with van der Waals surface area (Å²) >= 11 is 12.6. The molecule has 0 spiro atoms. The number of anilines is 2. The lowest BCUT2D eigenvalue weighted by Crippen LogP contribution is -2.46. The molecule has 3 heterocycles. The van der Waals surface area contributed by atoms with Crippen LogP contribution in [0.15, 0.2) is 107 Å². The van der Waals surface area contributed by atoms with Crippen molar-refractivity contribution >= 4 is 57.8 Å². The summed E-state index contributed by atoms with van der Waals surface area (Å²) in [6, 6.07) is 31.3. The summed E-state index contributed by atoms with van der Waals surface area (Å²) in [4.78, 5) is 12.5. The fraction of sp³-hybridized carbons (Fsp3) is 0.0938. The second kappa shape index (κ2) is 10.1. The summed E-state index contributed by atoms with van der Waals surface area (Å²) in [5.41, 5.74) is 6.26. The quantitative estimate of drug-likeness (QED) is 0.233. The van der Waals surface area contributed by atoms with Gasteiger partial charge >= 0.3 is 0 Å². The van der Waals surface area contributed by atoms with Gasteiger partial charge < -0.3 is 15.0 Å². The Morgan fingerprint density at radius 2 is 1.59 bits per heavy atom. The largest absolute Gasteiger partial charge is 0.496 e. The van der Waals surface area contributed by atoms with E-state index in [0.29, 0.717) is 21.7 Å². The van der Waals surface area contributed by atoms with Gasteiger partial charge in [-0.25, -0.2) is 14.7 Å². The van der Waals surface area contributed by atoms with Gasteiger partial charge in [-0.15, -0.1) is 0 Å². The first kappa shape index (κ1) is 25.4. The van der Waals surface area contributed by atoms with Crippen LogP contribution in [0, 0.1) is 6.92 Å². The number of fused-ring (bicyclic) bond motifs is 4. The minimum absolute atomic E-state index is 0.298. The van der Waals surface area contributed by atoms with Crippen LogP contribution in [0.1, 0.15) is 22.9 Å². The Labute approximate surface area is 247 Å². The fourth-order valence-electron chi connectivity index (χ4n) is 5.44. The average Bonchev–Trinajstić information content (AvgIpc) is 3.34. The monoisotopic (exact) mass is 578 g/mol. The number of methoxy groups -OCH3 is 1. The molecule has 7 rings (SSSR count). The highest BCUT2D eigenvalue weighted by Crippen LogP contribution is 2.49. The standard InChI is InChI=1S/C32H24Cl2N6O/c1-19-28-29(22-12-6-9-15-27(22)41-2)39-26-14-8-7-13-25(26)36-30(35-20-16-17-23(33)24(34)18-20)32(39)37-31(28)40(38-19)21-10-4-3-5-11-21/h3-18,29H,1-2H3,(H,35,36)/t29-/m0/s1. The number of hydrogen-bond acceptors (Lipinski definition) is 6. The first-order chi connectivity index (χ1) is 20.0. The van der Waals surface area contributed by atoms with Crippen LogP contribution in [0.25, 0.3) is 5.69 Å². The topological polar surface area (TPSA) is 67.0 Å². The molecule has 1 N–H and O–H groups in total. The molecule has 41 heavy (non-hydrogen) atoms. The summed E-state index contributed by atoms with van der Waals surface area (Å²) in [6.07, 6.45) is 0. The Hall–Kier alpha value is -4.59. The lowest BCUT2D eigenvalue weighted by atomic mass is 9.92. The van der Waals surface area contributed by atoms with Gasteiger partial charge in [0.15, 0.2) is 17.5 Å². The number of nitrogens with one attached hydrogen (secondary N) is 1. The first-order valence-electron chi connectivity index (χ1n) is 13.1. The molecule has 7 nitrogen and oxygen atoms in total. The molecule has 9 heteroatoms.